The fraction of sp³-hybridized carbons (Fsp3) is 0.421. The van der Waals surface area contributed by atoms with Crippen LogP contribution in [0.5, 0.6) is 11.6 Å². The topological polar surface area (TPSA) is 104 Å². The van der Waals surface area contributed by atoms with E-state index in [1.165, 1.54) is 7.11 Å². The number of ether oxygens (including phenoxy) is 2. The van der Waals surface area contributed by atoms with Gasteiger partial charge in [-0.05, 0) is 35.4 Å². The molecule has 1 saturated heterocycles. The molecule has 7 heteroatoms. The zero-order valence-corrected chi connectivity index (χ0v) is 14.7. The third-order valence-electron chi connectivity index (χ3n) is 5.51. The molecular formula is C19H21N3O4. The molecular weight excluding hydrogens is 334 g/mol. The number of primary amides is 1. The first-order chi connectivity index (χ1) is 12.5. The van der Waals surface area contributed by atoms with Crippen molar-refractivity contribution in [3.8, 4) is 11.6 Å². The van der Waals surface area contributed by atoms with E-state index in [0.717, 1.165) is 17.2 Å². The van der Waals surface area contributed by atoms with Gasteiger partial charge in [-0.25, -0.2) is 4.98 Å². The molecule has 4 rings (SSSR count). The minimum absolute atomic E-state index is 0.0151. The SMILES string of the molecule is CC[C@H]1[C@H]2C(=O)N[C@H](COc3nccc4cc(C(N)=O)c(OC)cc34)[C@@H]12. The van der Waals surface area contributed by atoms with Crippen molar-refractivity contribution in [3.05, 3.63) is 30.0 Å². The lowest BCUT2D eigenvalue weighted by Gasteiger charge is -2.17. The summed E-state index contributed by atoms with van der Waals surface area (Å²) in [6.07, 6.45) is 2.63. The zero-order chi connectivity index (χ0) is 18.4. The summed E-state index contributed by atoms with van der Waals surface area (Å²) in [6.45, 7) is 2.48. The van der Waals surface area contributed by atoms with E-state index in [-0.39, 0.29) is 17.9 Å². The van der Waals surface area contributed by atoms with Gasteiger partial charge in [-0.15, -0.1) is 0 Å². The zero-order valence-electron chi connectivity index (χ0n) is 14.7. The van der Waals surface area contributed by atoms with Crippen molar-refractivity contribution in [2.24, 2.45) is 23.5 Å². The van der Waals surface area contributed by atoms with Crippen LogP contribution in [0, 0.1) is 17.8 Å². The lowest BCUT2D eigenvalue weighted by Crippen LogP contribution is -2.37. The van der Waals surface area contributed by atoms with Crippen LogP contribution in [0.4, 0.5) is 0 Å². The Labute approximate surface area is 150 Å². The molecule has 0 unspecified atom stereocenters. The number of rotatable bonds is 6. The standard InChI is InChI=1S/C19H21N3O4/c1-3-10-15-13(22-18(24)16(10)15)8-26-19-11-7-14(25-2)12(17(20)23)6-9(11)4-5-21-19/h4-7,10,13,15-16H,3,8H2,1-2H3,(H2,20,23)(H,22,24)/t10-,13-,15-,16-/m1/s1. The van der Waals surface area contributed by atoms with E-state index < -0.39 is 5.91 Å². The molecule has 2 aliphatic rings. The molecule has 0 spiro atoms. The summed E-state index contributed by atoms with van der Waals surface area (Å²) >= 11 is 0. The Morgan fingerprint density at radius 2 is 2.19 bits per heavy atom. The number of amides is 2. The highest BCUT2D eigenvalue weighted by Gasteiger charge is 2.62. The number of hydrogen-bond acceptors (Lipinski definition) is 5. The van der Waals surface area contributed by atoms with E-state index in [0.29, 0.717) is 35.6 Å². The maximum atomic E-state index is 12.0. The predicted octanol–water partition coefficient (Wildman–Crippen LogP) is 1.49. The molecule has 136 valence electrons. The summed E-state index contributed by atoms with van der Waals surface area (Å²) in [6, 6.07) is 5.18. The molecule has 4 atom stereocenters. The van der Waals surface area contributed by atoms with Gasteiger partial charge < -0.3 is 20.5 Å². The summed E-state index contributed by atoms with van der Waals surface area (Å²) in [7, 11) is 1.48. The summed E-state index contributed by atoms with van der Waals surface area (Å²) in [5.41, 5.74) is 5.73. The van der Waals surface area contributed by atoms with Gasteiger partial charge in [0.15, 0.2) is 0 Å². The number of hydrogen-bond donors (Lipinski definition) is 2. The number of nitrogens with two attached hydrogens (primary N) is 1. The van der Waals surface area contributed by atoms with Crippen LogP contribution in [-0.2, 0) is 4.79 Å². The number of carbonyl (C=O) groups excluding carboxylic acids is 2. The lowest BCUT2D eigenvalue weighted by molar-refractivity contribution is -0.121. The highest BCUT2D eigenvalue weighted by atomic mass is 16.5. The van der Waals surface area contributed by atoms with Crippen molar-refractivity contribution < 1.29 is 19.1 Å². The van der Waals surface area contributed by atoms with Crippen molar-refractivity contribution in [2.75, 3.05) is 13.7 Å². The van der Waals surface area contributed by atoms with Crippen LogP contribution >= 0.6 is 0 Å². The Morgan fingerprint density at radius 1 is 1.38 bits per heavy atom. The van der Waals surface area contributed by atoms with E-state index in [2.05, 4.69) is 17.2 Å². The Morgan fingerprint density at radius 3 is 2.85 bits per heavy atom. The van der Waals surface area contributed by atoms with Crippen LogP contribution < -0.4 is 20.5 Å². The van der Waals surface area contributed by atoms with Gasteiger partial charge in [0, 0.05) is 17.5 Å². The molecule has 7 nitrogen and oxygen atoms in total. The van der Waals surface area contributed by atoms with Gasteiger partial charge in [-0.3, -0.25) is 9.59 Å². The number of nitrogens with one attached hydrogen (secondary N) is 1. The third kappa shape index (κ3) is 2.55. The van der Waals surface area contributed by atoms with Gasteiger partial charge >= 0.3 is 0 Å². The van der Waals surface area contributed by atoms with Crippen LogP contribution in [0.25, 0.3) is 10.8 Å². The predicted molar refractivity (Wildman–Crippen MR) is 95.0 cm³/mol. The van der Waals surface area contributed by atoms with E-state index >= 15 is 0 Å². The van der Waals surface area contributed by atoms with Crippen molar-refractivity contribution in [2.45, 2.75) is 19.4 Å². The Hall–Kier alpha value is -2.83. The van der Waals surface area contributed by atoms with Gasteiger partial charge in [0.25, 0.3) is 5.91 Å². The highest BCUT2D eigenvalue weighted by molar-refractivity contribution is 6.01. The highest BCUT2D eigenvalue weighted by Crippen LogP contribution is 2.54. The number of fused-ring (bicyclic) bond motifs is 2. The molecule has 3 N–H and O–H groups in total. The van der Waals surface area contributed by atoms with Crippen LogP contribution in [0.1, 0.15) is 23.7 Å². The van der Waals surface area contributed by atoms with Gasteiger partial charge in [0.1, 0.15) is 12.4 Å². The first kappa shape index (κ1) is 16.6. The fourth-order valence-corrected chi connectivity index (χ4v) is 4.19. The molecule has 0 bridgehead atoms. The molecule has 1 aliphatic heterocycles. The maximum Gasteiger partial charge on any atom is 0.252 e. The molecule has 0 radical (unpaired) electrons. The normalized spacial score (nSPS) is 26.3. The molecule has 1 aromatic heterocycles. The average molecular weight is 355 g/mol. The fourth-order valence-electron chi connectivity index (χ4n) is 4.19. The minimum atomic E-state index is -0.554. The van der Waals surface area contributed by atoms with E-state index in [9.17, 15) is 9.59 Å². The summed E-state index contributed by atoms with van der Waals surface area (Å²) in [5, 5.41) is 4.53. The van der Waals surface area contributed by atoms with Crippen molar-refractivity contribution in [1.82, 2.24) is 10.3 Å². The number of pyridine rings is 1. The van der Waals surface area contributed by atoms with Crippen LogP contribution in [-0.4, -0.2) is 36.6 Å². The molecule has 26 heavy (non-hydrogen) atoms. The average Bonchev–Trinajstić information content (AvgIpc) is 3.29. The monoisotopic (exact) mass is 355 g/mol. The second kappa shape index (κ2) is 6.16. The number of piperidine rings is 1. The number of aromatic nitrogens is 1. The van der Waals surface area contributed by atoms with Crippen LogP contribution in [0.15, 0.2) is 24.4 Å². The summed E-state index contributed by atoms with van der Waals surface area (Å²) < 4.78 is 11.2. The largest absolute Gasteiger partial charge is 0.496 e. The van der Waals surface area contributed by atoms with Gasteiger partial charge in [0.05, 0.1) is 18.7 Å². The second-order valence-electron chi connectivity index (χ2n) is 6.86. The second-order valence-corrected chi connectivity index (χ2v) is 6.86. The number of methoxy groups -OCH3 is 1. The van der Waals surface area contributed by atoms with Crippen molar-refractivity contribution in [3.63, 3.8) is 0 Å². The van der Waals surface area contributed by atoms with Crippen molar-refractivity contribution >= 4 is 22.6 Å². The molecule has 1 saturated carbocycles. The first-order valence-corrected chi connectivity index (χ1v) is 8.74. The first-order valence-electron chi connectivity index (χ1n) is 8.74. The van der Waals surface area contributed by atoms with Gasteiger partial charge in [-0.1, -0.05) is 13.3 Å². The Balaban J connectivity index is 1.59. The molecule has 2 fully saturated rings. The number of carbonyl (C=O) groups is 2. The molecule has 2 heterocycles. The molecule has 2 aromatic rings. The lowest BCUT2D eigenvalue weighted by atomic mass is 10.1. The number of benzene rings is 1. The van der Waals surface area contributed by atoms with Gasteiger partial charge in [0.2, 0.25) is 11.8 Å². The third-order valence-corrected chi connectivity index (χ3v) is 5.51. The quantitative estimate of drug-likeness (QED) is 0.817. The molecule has 1 aromatic carbocycles. The number of nitrogens with zero attached hydrogens (tertiary/aromatic N) is 1. The van der Waals surface area contributed by atoms with Crippen LogP contribution in [0.3, 0.4) is 0 Å². The molecule has 2 amide bonds. The van der Waals surface area contributed by atoms with Crippen molar-refractivity contribution in [1.29, 1.82) is 0 Å². The summed E-state index contributed by atoms with van der Waals surface area (Å²) in [4.78, 5) is 27.9. The van der Waals surface area contributed by atoms with E-state index in [1.54, 1.807) is 24.4 Å². The minimum Gasteiger partial charge on any atom is -0.496 e. The van der Waals surface area contributed by atoms with E-state index in [1.807, 2.05) is 0 Å². The molecule has 1 aliphatic carbocycles. The van der Waals surface area contributed by atoms with Crippen LogP contribution in [0.2, 0.25) is 0 Å². The van der Waals surface area contributed by atoms with E-state index in [4.69, 9.17) is 15.2 Å². The maximum absolute atomic E-state index is 12.0. The smallest absolute Gasteiger partial charge is 0.252 e. The van der Waals surface area contributed by atoms with Gasteiger partial charge in [-0.2, -0.15) is 0 Å². The summed E-state index contributed by atoms with van der Waals surface area (Å²) in [5.74, 6) is 1.38. The Kier molecular flexibility index (Phi) is 3.94. The Bertz CT molecular complexity index is 898.